The van der Waals surface area contributed by atoms with Crippen molar-refractivity contribution in [3.05, 3.63) is 52.7 Å². The van der Waals surface area contributed by atoms with Crippen molar-refractivity contribution in [2.45, 2.75) is 38.8 Å². The summed E-state index contributed by atoms with van der Waals surface area (Å²) in [7, 11) is 0. The van der Waals surface area contributed by atoms with E-state index in [1.54, 1.807) is 23.5 Å². The van der Waals surface area contributed by atoms with E-state index in [9.17, 15) is 13.2 Å². The normalized spacial score (nSPS) is 14.9. The summed E-state index contributed by atoms with van der Waals surface area (Å²) in [4.78, 5) is 24.7. The molecule has 0 spiro atoms. The standard InChI is InChI=1S/C22H21F3N8OS/c1-12-11-26-21(35-12)30-17-10-18(28-13(2)27-17)33-8-6-14(7-9-33)15-4-3-5-16(29-15)19-31-20(34-32-19)22(23,24)25/h3-5,10-11,14H,6-9H2,1-2H3,(H,26,27,28,30). The molecule has 1 saturated heterocycles. The zero-order valence-corrected chi connectivity index (χ0v) is 19.7. The maximum Gasteiger partial charge on any atom is 0.471 e. The van der Waals surface area contributed by atoms with Gasteiger partial charge >= 0.3 is 12.1 Å². The second-order valence-electron chi connectivity index (χ2n) is 8.19. The van der Waals surface area contributed by atoms with E-state index in [0.717, 1.165) is 47.5 Å². The molecule has 5 heterocycles. The lowest BCUT2D eigenvalue weighted by Gasteiger charge is -2.32. The van der Waals surface area contributed by atoms with E-state index in [1.807, 2.05) is 32.2 Å². The molecular formula is C22H21F3N8OS. The lowest BCUT2D eigenvalue weighted by molar-refractivity contribution is -0.159. The highest BCUT2D eigenvalue weighted by molar-refractivity contribution is 7.15. The molecular weight excluding hydrogens is 481 g/mol. The van der Waals surface area contributed by atoms with Gasteiger partial charge in [-0.2, -0.15) is 18.2 Å². The molecule has 13 heteroatoms. The highest BCUT2D eigenvalue weighted by Crippen LogP contribution is 2.32. The molecule has 0 aliphatic carbocycles. The third-order valence-corrected chi connectivity index (χ3v) is 6.41. The van der Waals surface area contributed by atoms with Crippen LogP contribution in [0.2, 0.25) is 0 Å². The minimum Gasteiger partial charge on any atom is -0.356 e. The molecule has 1 fully saturated rings. The first kappa shape index (κ1) is 23.1. The zero-order valence-electron chi connectivity index (χ0n) is 18.9. The van der Waals surface area contributed by atoms with Crippen LogP contribution in [0.25, 0.3) is 11.5 Å². The number of anilines is 3. The molecule has 1 aliphatic heterocycles. The van der Waals surface area contributed by atoms with Gasteiger partial charge in [0.1, 0.15) is 23.2 Å². The van der Waals surface area contributed by atoms with Crippen molar-refractivity contribution < 1.29 is 17.7 Å². The number of nitrogens with one attached hydrogen (secondary N) is 1. The van der Waals surface area contributed by atoms with E-state index >= 15 is 0 Å². The van der Waals surface area contributed by atoms with E-state index in [0.29, 0.717) is 11.6 Å². The molecule has 1 aliphatic rings. The van der Waals surface area contributed by atoms with Crippen LogP contribution in [0.3, 0.4) is 0 Å². The van der Waals surface area contributed by atoms with Crippen molar-refractivity contribution in [1.82, 2.24) is 30.1 Å². The van der Waals surface area contributed by atoms with E-state index in [-0.39, 0.29) is 17.4 Å². The number of hydrogen-bond acceptors (Lipinski definition) is 10. The minimum atomic E-state index is -4.69. The third kappa shape index (κ3) is 5.24. The number of halogens is 3. The summed E-state index contributed by atoms with van der Waals surface area (Å²) >= 11 is 1.56. The molecule has 0 saturated carbocycles. The molecule has 0 atom stereocenters. The van der Waals surface area contributed by atoms with Crippen molar-refractivity contribution >= 4 is 28.1 Å². The van der Waals surface area contributed by atoms with E-state index < -0.39 is 12.1 Å². The summed E-state index contributed by atoms with van der Waals surface area (Å²) in [5, 5.41) is 7.46. The molecule has 1 N–H and O–H groups in total. The van der Waals surface area contributed by atoms with Gasteiger partial charge in [-0.1, -0.05) is 11.2 Å². The van der Waals surface area contributed by atoms with Crippen LogP contribution in [0.1, 0.15) is 41.0 Å². The Morgan fingerprint density at radius 1 is 1.09 bits per heavy atom. The summed E-state index contributed by atoms with van der Waals surface area (Å²) in [6, 6.07) is 7.12. The molecule has 35 heavy (non-hydrogen) atoms. The maximum absolute atomic E-state index is 12.8. The Bertz CT molecular complexity index is 1330. The van der Waals surface area contributed by atoms with Gasteiger partial charge in [-0.05, 0) is 38.8 Å². The van der Waals surface area contributed by atoms with Crippen LogP contribution in [0.15, 0.2) is 35.0 Å². The summed E-state index contributed by atoms with van der Waals surface area (Å²) in [6.45, 7) is 5.36. The van der Waals surface area contributed by atoms with Crippen molar-refractivity contribution in [1.29, 1.82) is 0 Å². The lowest BCUT2D eigenvalue weighted by Crippen LogP contribution is -2.34. The average Bonchev–Trinajstić information content (AvgIpc) is 3.48. The van der Waals surface area contributed by atoms with Crippen LogP contribution in [0.4, 0.5) is 29.9 Å². The van der Waals surface area contributed by atoms with Gasteiger partial charge in [0.2, 0.25) is 5.82 Å². The Morgan fingerprint density at radius 2 is 1.89 bits per heavy atom. The van der Waals surface area contributed by atoms with Crippen LogP contribution in [0.5, 0.6) is 0 Å². The molecule has 9 nitrogen and oxygen atoms in total. The van der Waals surface area contributed by atoms with Gasteiger partial charge in [-0.25, -0.2) is 19.9 Å². The second kappa shape index (κ2) is 9.21. The summed E-state index contributed by atoms with van der Waals surface area (Å²) in [5.41, 5.74) is 1.05. The van der Waals surface area contributed by atoms with Gasteiger partial charge in [-0.15, -0.1) is 11.3 Å². The number of nitrogens with zero attached hydrogens (tertiary/aromatic N) is 7. The molecule has 0 aromatic carbocycles. The van der Waals surface area contributed by atoms with Crippen molar-refractivity contribution in [3.63, 3.8) is 0 Å². The Labute approximate surface area is 202 Å². The number of thiazole rings is 1. The van der Waals surface area contributed by atoms with Crippen molar-refractivity contribution in [3.8, 4) is 11.5 Å². The first-order chi connectivity index (χ1) is 16.7. The fourth-order valence-corrected chi connectivity index (χ4v) is 4.62. The van der Waals surface area contributed by atoms with Crippen LogP contribution in [-0.4, -0.2) is 43.2 Å². The monoisotopic (exact) mass is 502 g/mol. The van der Waals surface area contributed by atoms with Gasteiger partial charge < -0.3 is 14.7 Å². The Hall–Kier alpha value is -3.61. The van der Waals surface area contributed by atoms with Gasteiger partial charge in [-0.3, -0.25) is 0 Å². The minimum absolute atomic E-state index is 0.152. The SMILES string of the molecule is Cc1nc(Nc2ncc(C)s2)cc(N2CCC(c3cccc(-c4noc(C(F)(F)F)n4)n3)CC2)n1. The highest BCUT2D eigenvalue weighted by atomic mass is 32.1. The molecule has 182 valence electrons. The summed E-state index contributed by atoms with van der Waals surface area (Å²) in [6.07, 6.45) is -1.25. The quantitative estimate of drug-likeness (QED) is 0.397. The van der Waals surface area contributed by atoms with Gasteiger partial charge in [0.25, 0.3) is 0 Å². The van der Waals surface area contributed by atoms with Crippen LogP contribution in [-0.2, 0) is 6.18 Å². The van der Waals surface area contributed by atoms with Crippen LogP contribution >= 0.6 is 11.3 Å². The number of pyridine rings is 1. The average molecular weight is 503 g/mol. The van der Waals surface area contributed by atoms with Gasteiger partial charge in [0, 0.05) is 41.8 Å². The molecule has 4 aromatic heterocycles. The maximum atomic E-state index is 12.8. The van der Waals surface area contributed by atoms with E-state index in [4.69, 9.17) is 0 Å². The zero-order chi connectivity index (χ0) is 24.6. The molecule has 4 aromatic rings. The van der Waals surface area contributed by atoms with Crippen LogP contribution in [0, 0.1) is 13.8 Å². The summed E-state index contributed by atoms with van der Waals surface area (Å²) < 4.78 is 42.7. The first-order valence-electron chi connectivity index (χ1n) is 10.9. The third-order valence-electron chi connectivity index (χ3n) is 5.59. The topological polar surface area (TPSA) is 106 Å². The number of alkyl halides is 3. The second-order valence-corrected chi connectivity index (χ2v) is 9.42. The van der Waals surface area contributed by atoms with Crippen molar-refractivity contribution in [2.75, 3.05) is 23.3 Å². The Morgan fingerprint density at radius 3 is 2.57 bits per heavy atom. The number of aromatic nitrogens is 6. The number of piperidine rings is 1. The van der Waals surface area contributed by atoms with Crippen molar-refractivity contribution in [2.24, 2.45) is 0 Å². The Kier molecular flexibility index (Phi) is 6.09. The number of rotatable bonds is 5. The molecule has 5 rings (SSSR count). The van der Waals surface area contributed by atoms with Gasteiger partial charge in [0.05, 0.1) is 0 Å². The highest BCUT2D eigenvalue weighted by Gasteiger charge is 2.38. The molecule has 0 unspecified atom stereocenters. The lowest BCUT2D eigenvalue weighted by atomic mass is 9.93. The number of aryl methyl sites for hydroxylation is 2. The molecule has 0 bridgehead atoms. The first-order valence-corrected chi connectivity index (χ1v) is 11.7. The fourth-order valence-electron chi connectivity index (χ4n) is 3.95. The van der Waals surface area contributed by atoms with Crippen LogP contribution < -0.4 is 10.2 Å². The number of hydrogen-bond donors (Lipinski definition) is 1. The molecule has 0 amide bonds. The smallest absolute Gasteiger partial charge is 0.356 e. The predicted molar refractivity (Wildman–Crippen MR) is 124 cm³/mol. The Balaban J connectivity index is 1.27. The fraction of sp³-hybridized carbons (Fsp3) is 0.364. The van der Waals surface area contributed by atoms with E-state index in [1.165, 1.54) is 0 Å². The molecule has 0 radical (unpaired) electrons. The summed E-state index contributed by atoms with van der Waals surface area (Å²) in [5.74, 6) is 0.777. The predicted octanol–water partition coefficient (Wildman–Crippen LogP) is 5.14. The van der Waals surface area contributed by atoms with E-state index in [2.05, 4.69) is 44.8 Å². The largest absolute Gasteiger partial charge is 0.471 e. The van der Waals surface area contributed by atoms with Gasteiger partial charge in [0.15, 0.2) is 5.13 Å².